The molecule has 1 atom stereocenters. The van der Waals surface area contributed by atoms with Gasteiger partial charge in [-0.05, 0) is 26.3 Å². The molecule has 0 aromatic heterocycles. The van der Waals surface area contributed by atoms with Gasteiger partial charge in [0.2, 0.25) is 5.91 Å². The minimum atomic E-state index is -0.207. The average molecular weight is 180 g/mol. The summed E-state index contributed by atoms with van der Waals surface area (Å²) >= 11 is 0. The lowest BCUT2D eigenvalue weighted by atomic mass is 10.1. The summed E-state index contributed by atoms with van der Waals surface area (Å²) < 4.78 is 0. The number of nitrogens with two attached hydrogens (primary N) is 1. The van der Waals surface area contributed by atoms with E-state index in [1.165, 1.54) is 0 Å². The summed E-state index contributed by atoms with van der Waals surface area (Å²) in [7, 11) is 0. The normalized spacial score (nSPS) is 22.4. The molecule has 0 spiro atoms. The lowest BCUT2D eigenvalue weighted by molar-refractivity contribution is -0.118. The first kappa shape index (κ1) is 10.1. The van der Waals surface area contributed by atoms with Crippen LogP contribution >= 0.6 is 0 Å². The van der Waals surface area contributed by atoms with Crippen LogP contribution in [0.2, 0.25) is 0 Å². The Hall–Kier alpha value is -1.01. The fraction of sp³-hybridized carbons (Fsp3) is 0.700. The molecule has 0 aromatic rings. The molecule has 1 unspecified atom stereocenters. The van der Waals surface area contributed by atoms with Crippen LogP contribution in [0.25, 0.3) is 0 Å². The monoisotopic (exact) mass is 180 g/mol. The number of carbonyl (C=O) groups excluding carboxylic acids is 1. The molecule has 2 N–H and O–H groups in total. The highest BCUT2D eigenvalue weighted by Crippen LogP contribution is 2.18. The van der Waals surface area contributed by atoms with Gasteiger partial charge in [-0.15, -0.1) is 5.92 Å². The van der Waals surface area contributed by atoms with Gasteiger partial charge >= 0.3 is 0 Å². The topological polar surface area (TPSA) is 46.3 Å². The van der Waals surface area contributed by atoms with E-state index in [-0.39, 0.29) is 5.91 Å². The largest absolute Gasteiger partial charge is 0.370 e. The first-order valence-electron chi connectivity index (χ1n) is 4.66. The summed E-state index contributed by atoms with van der Waals surface area (Å²) in [5, 5.41) is 0. The zero-order valence-electron chi connectivity index (χ0n) is 8.05. The van der Waals surface area contributed by atoms with Gasteiger partial charge in [-0.2, -0.15) is 0 Å². The van der Waals surface area contributed by atoms with Crippen LogP contribution in [0, 0.1) is 11.8 Å². The highest BCUT2D eigenvalue weighted by atomic mass is 16.1. The van der Waals surface area contributed by atoms with Gasteiger partial charge in [-0.1, -0.05) is 5.92 Å². The summed E-state index contributed by atoms with van der Waals surface area (Å²) in [4.78, 5) is 13.0. The van der Waals surface area contributed by atoms with E-state index in [2.05, 4.69) is 16.7 Å². The zero-order valence-corrected chi connectivity index (χ0v) is 8.05. The first-order valence-corrected chi connectivity index (χ1v) is 4.66. The standard InChI is InChI=1S/C10H16N2O/c1-2-3-6-12-7-4-5-9(12)8-10(11)13/h9H,4-8H2,1H3,(H2,11,13). The molecule has 0 aromatic carbocycles. The molecule has 0 radical (unpaired) electrons. The predicted molar refractivity (Wildman–Crippen MR) is 51.9 cm³/mol. The van der Waals surface area contributed by atoms with E-state index >= 15 is 0 Å². The summed E-state index contributed by atoms with van der Waals surface area (Å²) in [5.74, 6) is 5.67. The maximum Gasteiger partial charge on any atom is 0.218 e. The van der Waals surface area contributed by atoms with E-state index in [4.69, 9.17) is 5.73 Å². The second-order valence-electron chi connectivity index (χ2n) is 3.36. The van der Waals surface area contributed by atoms with Crippen molar-refractivity contribution >= 4 is 5.91 Å². The van der Waals surface area contributed by atoms with Gasteiger partial charge in [0.05, 0.1) is 6.54 Å². The van der Waals surface area contributed by atoms with Gasteiger partial charge in [0.25, 0.3) is 0 Å². The Kier molecular flexibility index (Phi) is 3.78. The van der Waals surface area contributed by atoms with Crippen LogP contribution in [0.5, 0.6) is 0 Å². The fourth-order valence-corrected chi connectivity index (χ4v) is 1.75. The van der Waals surface area contributed by atoms with Crippen molar-refractivity contribution in [2.45, 2.75) is 32.2 Å². The third-order valence-corrected chi connectivity index (χ3v) is 2.39. The van der Waals surface area contributed by atoms with Crippen LogP contribution in [0.3, 0.4) is 0 Å². The Morgan fingerprint density at radius 1 is 1.69 bits per heavy atom. The van der Waals surface area contributed by atoms with E-state index in [1.807, 2.05) is 6.92 Å². The molecule has 1 amide bonds. The molecule has 1 rings (SSSR count). The molecular formula is C10H16N2O. The molecule has 1 aliphatic rings. The molecule has 3 nitrogen and oxygen atoms in total. The Balaban J connectivity index is 2.42. The molecule has 0 bridgehead atoms. The van der Waals surface area contributed by atoms with Crippen molar-refractivity contribution < 1.29 is 4.79 Å². The smallest absolute Gasteiger partial charge is 0.218 e. The Bertz CT molecular complexity index is 239. The number of carbonyl (C=O) groups is 1. The van der Waals surface area contributed by atoms with Crippen LogP contribution in [-0.2, 0) is 4.79 Å². The van der Waals surface area contributed by atoms with Gasteiger partial charge in [0.15, 0.2) is 0 Å². The quantitative estimate of drug-likeness (QED) is 0.637. The van der Waals surface area contributed by atoms with Crippen LogP contribution in [0.4, 0.5) is 0 Å². The molecule has 0 saturated carbocycles. The molecule has 72 valence electrons. The van der Waals surface area contributed by atoms with Crippen LogP contribution < -0.4 is 5.73 Å². The second-order valence-corrected chi connectivity index (χ2v) is 3.36. The van der Waals surface area contributed by atoms with E-state index < -0.39 is 0 Å². The van der Waals surface area contributed by atoms with E-state index in [0.29, 0.717) is 12.5 Å². The molecule has 1 heterocycles. The molecule has 3 heteroatoms. The number of hydrogen-bond donors (Lipinski definition) is 1. The third kappa shape index (κ3) is 3.08. The number of primary amides is 1. The molecule has 13 heavy (non-hydrogen) atoms. The van der Waals surface area contributed by atoms with Gasteiger partial charge in [-0.25, -0.2) is 0 Å². The molecule has 1 aliphatic heterocycles. The SMILES string of the molecule is CC#CCN1CCCC1CC(N)=O. The highest BCUT2D eigenvalue weighted by Gasteiger charge is 2.24. The molecule has 1 fully saturated rings. The Morgan fingerprint density at radius 3 is 3.08 bits per heavy atom. The van der Waals surface area contributed by atoms with Crippen LogP contribution in [0.15, 0.2) is 0 Å². The summed E-state index contributed by atoms with van der Waals surface area (Å²) in [6, 6.07) is 0.332. The minimum Gasteiger partial charge on any atom is -0.370 e. The first-order chi connectivity index (χ1) is 6.24. The number of likely N-dealkylation sites (tertiary alicyclic amines) is 1. The minimum absolute atomic E-state index is 0.207. The number of amides is 1. The summed E-state index contributed by atoms with van der Waals surface area (Å²) in [5.41, 5.74) is 5.16. The van der Waals surface area contributed by atoms with Crippen LogP contribution in [-0.4, -0.2) is 29.9 Å². The lowest BCUT2D eigenvalue weighted by Gasteiger charge is -2.20. The third-order valence-electron chi connectivity index (χ3n) is 2.39. The van der Waals surface area contributed by atoms with Crippen molar-refractivity contribution in [3.8, 4) is 11.8 Å². The molecule has 0 aliphatic carbocycles. The van der Waals surface area contributed by atoms with Crippen molar-refractivity contribution in [1.82, 2.24) is 4.90 Å². The number of nitrogens with zero attached hydrogens (tertiary/aromatic N) is 1. The molecular weight excluding hydrogens is 164 g/mol. The number of hydrogen-bond acceptors (Lipinski definition) is 2. The average Bonchev–Trinajstić information content (AvgIpc) is 2.48. The summed E-state index contributed by atoms with van der Waals surface area (Å²) in [6.07, 6.45) is 2.71. The van der Waals surface area contributed by atoms with E-state index in [9.17, 15) is 4.79 Å². The zero-order chi connectivity index (χ0) is 9.68. The number of rotatable bonds is 3. The van der Waals surface area contributed by atoms with Crippen molar-refractivity contribution in [3.63, 3.8) is 0 Å². The van der Waals surface area contributed by atoms with Crippen LogP contribution in [0.1, 0.15) is 26.2 Å². The predicted octanol–water partition coefficient (Wildman–Crippen LogP) is 0.350. The fourth-order valence-electron chi connectivity index (χ4n) is 1.75. The lowest BCUT2D eigenvalue weighted by Crippen LogP contribution is -2.33. The Labute approximate surface area is 79.3 Å². The van der Waals surface area contributed by atoms with E-state index in [0.717, 1.165) is 25.9 Å². The maximum atomic E-state index is 10.7. The van der Waals surface area contributed by atoms with Crippen molar-refractivity contribution in [2.24, 2.45) is 5.73 Å². The van der Waals surface area contributed by atoms with Gasteiger partial charge in [0.1, 0.15) is 0 Å². The maximum absolute atomic E-state index is 10.7. The summed E-state index contributed by atoms with van der Waals surface area (Å²) in [6.45, 7) is 3.65. The molecule has 1 saturated heterocycles. The second kappa shape index (κ2) is 4.88. The highest BCUT2D eigenvalue weighted by molar-refractivity contribution is 5.74. The Morgan fingerprint density at radius 2 is 2.46 bits per heavy atom. The van der Waals surface area contributed by atoms with Crippen molar-refractivity contribution in [1.29, 1.82) is 0 Å². The van der Waals surface area contributed by atoms with Gasteiger partial charge in [0, 0.05) is 12.5 Å². The van der Waals surface area contributed by atoms with Crippen molar-refractivity contribution in [3.05, 3.63) is 0 Å². The van der Waals surface area contributed by atoms with E-state index in [1.54, 1.807) is 0 Å². The van der Waals surface area contributed by atoms with Gasteiger partial charge < -0.3 is 5.73 Å². The van der Waals surface area contributed by atoms with Gasteiger partial charge in [-0.3, -0.25) is 9.69 Å². The van der Waals surface area contributed by atoms with Crippen molar-refractivity contribution in [2.75, 3.05) is 13.1 Å².